The summed E-state index contributed by atoms with van der Waals surface area (Å²) in [7, 11) is 0. The van der Waals surface area contributed by atoms with Gasteiger partial charge in [0.1, 0.15) is 0 Å². The first kappa shape index (κ1) is 10.4. The molecule has 0 amide bonds. The van der Waals surface area contributed by atoms with Crippen LogP contribution in [0.25, 0.3) is 0 Å². The molecular weight excluding hydrogens is 234 g/mol. The summed E-state index contributed by atoms with van der Waals surface area (Å²) in [5.74, 6) is 0.595. The highest BCUT2D eigenvalue weighted by atomic mass is 32.1. The number of nitrogen functional groups attached to an aromatic ring is 1. The number of carbonyl (C=O) groups excluding carboxylic acids is 1. The summed E-state index contributed by atoms with van der Waals surface area (Å²) in [6.07, 6.45) is 2.86. The predicted octanol–water partition coefficient (Wildman–Crippen LogP) is 2.03. The van der Waals surface area contributed by atoms with Crippen LogP contribution in [0.2, 0.25) is 0 Å². The minimum Gasteiger partial charge on any atom is -0.368 e. The van der Waals surface area contributed by atoms with Crippen LogP contribution in [0.3, 0.4) is 0 Å². The summed E-state index contributed by atoms with van der Waals surface area (Å²) >= 11 is 1.68. The normalized spacial score (nSPS) is 19.1. The van der Waals surface area contributed by atoms with Gasteiger partial charge < -0.3 is 5.73 Å². The zero-order chi connectivity index (χ0) is 11.8. The van der Waals surface area contributed by atoms with E-state index in [2.05, 4.69) is 16.0 Å². The number of Topliss-reactive ketones (excluding diaryl/α,β-unsaturated/α-hetero) is 1. The summed E-state index contributed by atoms with van der Waals surface area (Å²) in [5.41, 5.74) is 6.98. The largest absolute Gasteiger partial charge is 0.368 e. The molecule has 0 unspecified atom stereocenters. The van der Waals surface area contributed by atoms with Crippen LogP contribution in [-0.4, -0.2) is 15.8 Å². The van der Waals surface area contributed by atoms with Crippen LogP contribution in [0.5, 0.6) is 0 Å². The van der Waals surface area contributed by atoms with Gasteiger partial charge in [-0.2, -0.15) is 0 Å². The van der Waals surface area contributed by atoms with Crippen LogP contribution in [0.15, 0.2) is 23.7 Å². The van der Waals surface area contributed by atoms with Crippen LogP contribution in [0.4, 0.5) is 5.95 Å². The van der Waals surface area contributed by atoms with E-state index < -0.39 is 0 Å². The monoisotopic (exact) mass is 245 g/mol. The van der Waals surface area contributed by atoms with Crippen molar-refractivity contribution < 1.29 is 4.79 Å². The Labute approximate surface area is 103 Å². The molecule has 0 aromatic carbocycles. The van der Waals surface area contributed by atoms with Crippen molar-refractivity contribution >= 4 is 23.1 Å². The molecule has 0 saturated heterocycles. The third kappa shape index (κ3) is 1.82. The smallest absolute Gasteiger partial charge is 0.220 e. The number of carbonyl (C=O) groups is 1. The van der Waals surface area contributed by atoms with Gasteiger partial charge >= 0.3 is 0 Å². The van der Waals surface area contributed by atoms with Gasteiger partial charge in [-0.3, -0.25) is 4.79 Å². The second-order valence-electron chi connectivity index (χ2n) is 4.13. The number of ketones is 1. The molecule has 0 spiro atoms. The summed E-state index contributed by atoms with van der Waals surface area (Å²) in [5, 5.41) is 2.03. The van der Waals surface area contributed by atoms with Crippen molar-refractivity contribution in [1.82, 2.24) is 9.97 Å². The Morgan fingerprint density at radius 3 is 3.06 bits per heavy atom. The molecular formula is C12H11N3OS. The molecule has 0 bridgehead atoms. The van der Waals surface area contributed by atoms with Gasteiger partial charge in [-0.15, -0.1) is 11.3 Å². The fourth-order valence-electron chi connectivity index (χ4n) is 2.19. The van der Waals surface area contributed by atoms with Gasteiger partial charge in [0.05, 0.1) is 11.3 Å². The van der Waals surface area contributed by atoms with Crippen molar-refractivity contribution in [3.63, 3.8) is 0 Å². The zero-order valence-corrected chi connectivity index (χ0v) is 9.91. The number of nitrogens with two attached hydrogens (primary N) is 1. The van der Waals surface area contributed by atoms with Gasteiger partial charge in [0, 0.05) is 23.4 Å². The van der Waals surface area contributed by atoms with Gasteiger partial charge in [0.2, 0.25) is 5.95 Å². The minimum absolute atomic E-state index is 0.115. The predicted molar refractivity (Wildman–Crippen MR) is 66.2 cm³/mol. The van der Waals surface area contributed by atoms with E-state index in [1.165, 1.54) is 4.88 Å². The maximum atomic E-state index is 12.0. The van der Waals surface area contributed by atoms with Gasteiger partial charge in [-0.05, 0) is 17.9 Å². The molecule has 0 saturated carbocycles. The standard InChI is InChI=1S/C12H11N3OS/c13-12-14-6-8-9(15-12)4-7(5-10(8)16)11-2-1-3-17-11/h1-3,6-7H,4-5H2,(H2,13,14,15)/t7-/m1/s1. The first-order valence-corrected chi connectivity index (χ1v) is 6.30. The third-order valence-electron chi connectivity index (χ3n) is 3.00. The van der Waals surface area contributed by atoms with E-state index in [1.807, 2.05) is 11.4 Å². The van der Waals surface area contributed by atoms with Crippen molar-refractivity contribution in [2.45, 2.75) is 18.8 Å². The number of rotatable bonds is 1. The topological polar surface area (TPSA) is 68.9 Å². The number of thiophene rings is 1. The molecule has 1 aliphatic rings. The average Bonchev–Trinajstić information content (AvgIpc) is 2.81. The van der Waals surface area contributed by atoms with Gasteiger partial charge in [-0.25, -0.2) is 9.97 Å². The number of fused-ring (bicyclic) bond motifs is 1. The van der Waals surface area contributed by atoms with E-state index >= 15 is 0 Å². The Morgan fingerprint density at radius 1 is 1.41 bits per heavy atom. The lowest BCUT2D eigenvalue weighted by Crippen LogP contribution is -2.20. The van der Waals surface area contributed by atoms with E-state index in [1.54, 1.807) is 17.5 Å². The Bertz CT molecular complexity index is 565. The fourth-order valence-corrected chi connectivity index (χ4v) is 3.02. The van der Waals surface area contributed by atoms with Gasteiger partial charge in [0.15, 0.2) is 5.78 Å². The second kappa shape index (κ2) is 3.92. The Kier molecular flexibility index (Phi) is 2.40. The molecule has 17 heavy (non-hydrogen) atoms. The minimum atomic E-state index is 0.115. The molecule has 5 heteroatoms. The number of nitrogens with zero attached hydrogens (tertiary/aromatic N) is 2. The van der Waals surface area contributed by atoms with Crippen molar-refractivity contribution in [3.05, 3.63) is 39.8 Å². The molecule has 2 aromatic rings. The second-order valence-corrected chi connectivity index (χ2v) is 5.11. The quantitative estimate of drug-likeness (QED) is 0.834. The molecule has 1 aliphatic carbocycles. The van der Waals surface area contributed by atoms with Crippen molar-refractivity contribution in [3.8, 4) is 0 Å². The van der Waals surface area contributed by atoms with E-state index in [9.17, 15) is 4.79 Å². The Balaban J connectivity index is 2.00. The summed E-state index contributed by atoms with van der Waals surface area (Å²) < 4.78 is 0. The van der Waals surface area contributed by atoms with Crippen molar-refractivity contribution in [1.29, 1.82) is 0 Å². The number of hydrogen-bond donors (Lipinski definition) is 1. The van der Waals surface area contributed by atoms with E-state index in [0.29, 0.717) is 12.0 Å². The molecule has 2 aromatic heterocycles. The SMILES string of the molecule is Nc1ncc2c(n1)C[C@@H](c1cccs1)CC2=O. The fraction of sp³-hybridized carbons (Fsp3) is 0.250. The average molecular weight is 245 g/mol. The summed E-state index contributed by atoms with van der Waals surface area (Å²) in [6.45, 7) is 0. The third-order valence-corrected chi connectivity index (χ3v) is 4.04. The molecule has 2 N–H and O–H groups in total. The molecule has 2 heterocycles. The van der Waals surface area contributed by atoms with Crippen molar-refractivity contribution in [2.75, 3.05) is 5.73 Å². The maximum Gasteiger partial charge on any atom is 0.220 e. The number of anilines is 1. The summed E-state index contributed by atoms with van der Waals surface area (Å²) in [4.78, 5) is 21.3. The first-order valence-electron chi connectivity index (χ1n) is 5.42. The molecule has 1 atom stereocenters. The molecule has 86 valence electrons. The summed E-state index contributed by atoms with van der Waals surface area (Å²) in [6, 6.07) is 4.08. The van der Waals surface area contributed by atoms with E-state index in [0.717, 1.165) is 12.1 Å². The lowest BCUT2D eigenvalue weighted by atomic mass is 9.86. The van der Waals surface area contributed by atoms with Crippen LogP contribution in [0, 0.1) is 0 Å². The van der Waals surface area contributed by atoms with E-state index in [4.69, 9.17) is 5.73 Å². The Hall–Kier alpha value is -1.75. The molecule has 4 nitrogen and oxygen atoms in total. The lowest BCUT2D eigenvalue weighted by molar-refractivity contribution is 0.0963. The van der Waals surface area contributed by atoms with E-state index in [-0.39, 0.29) is 17.6 Å². The van der Waals surface area contributed by atoms with Gasteiger partial charge in [-0.1, -0.05) is 6.07 Å². The highest BCUT2D eigenvalue weighted by Crippen LogP contribution is 2.33. The number of hydrogen-bond acceptors (Lipinski definition) is 5. The Morgan fingerprint density at radius 2 is 2.29 bits per heavy atom. The molecule has 3 rings (SSSR count). The van der Waals surface area contributed by atoms with Crippen LogP contribution in [-0.2, 0) is 6.42 Å². The molecule has 0 fully saturated rings. The lowest BCUT2D eigenvalue weighted by Gasteiger charge is -2.21. The van der Waals surface area contributed by atoms with Crippen LogP contribution in [0.1, 0.15) is 33.3 Å². The zero-order valence-electron chi connectivity index (χ0n) is 9.09. The first-order chi connectivity index (χ1) is 8.24. The maximum absolute atomic E-state index is 12.0. The van der Waals surface area contributed by atoms with Crippen LogP contribution < -0.4 is 5.73 Å². The number of aromatic nitrogens is 2. The van der Waals surface area contributed by atoms with Crippen LogP contribution >= 0.6 is 11.3 Å². The van der Waals surface area contributed by atoms with Gasteiger partial charge in [0.25, 0.3) is 0 Å². The van der Waals surface area contributed by atoms with Crippen molar-refractivity contribution in [2.24, 2.45) is 0 Å². The highest BCUT2D eigenvalue weighted by molar-refractivity contribution is 7.10. The highest BCUT2D eigenvalue weighted by Gasteiger charge is 2.28. The molecule has 0 radical (unpaired) electrons. The molecule has 0 aliphatic heterocycles.